The summed E-state index contributed by atoms with van der Waals surface area (Å²) in [5.74, 6) is 0. The molecule has 11 aromatic rings. The van der Waals surface area contributed by atoms with Crippen LogP contribution in [0.15, 0.2) is 243 Å². The van der Waals surface area contributed by atoms with Crippen molar-refractivity contribution in [3.8, 4) is 43.8 Å². The van der Waals surface area contributed by atoms with E-state index < -0.39 is 5.41 Å². The summed E-state index contributed by atoms with van der Waals surface area (Å²) in [5, 5.41) is 1.23. The zero-order valence-corrected chi connectivity index (χ0v) is 36.7. The van der Waals surface area contributed by atoms with Crippen molar-refractivity contribution in [3.05, 3.63) is 277 Å². The first kappa shape index (κ1) is 38.1. The molecule has 10 aromatic carbocycles. The van der Waals surface area contributed by atoms with Crippen molar-refractivity contribution in [3.63, 3.8) is 0 Å². The predicted molar refractivity (Wildman–Crippen MR) is 276 cm³/mol. The van der Waals surface area contributed by atoms with Crippen LogP contribution < -0.4 is 9.80 Å². The van der Waals surface area contributed by atoms with Crippen molar-refractivity contribution in [1.82, 2.24) is 0 Å². The summed E-state index contributed by atoms with van der Waals surface area (Å²) in [6.07, 6.45) is 0. The lowest BCUT2D eigenvalue weighted by Crippen LogP contribution is -2.26. The van der Waals surface area contributed by atoms with Gasteiger partial charge in [0, 0.05) is 44.4 Å². The summed E-state index contributed by atoms with van der Waals surface area (Å²) in [6.45, 7) is 0. The average molecular weight is 857 g/mol. The van der Waals surface area contributed by atoms with Crippen molar-refractivity contribution in [2.24, 2.45) is 0 Å². The normalized spacial score (nSPS) is 14.0. The van der Waals surface area contributed by atoms with Crippen LogP contribution >= 0.6 is 11.3 Å². The number of thiophene rings is 1. The Bertz CT molecular complexity index is 3560. The smallest absolute Gasteiger partial charge is 0.0854 e. The van der Waals surface area contributed by atoms with Gasteiger partial charge in [-0.05, 0) is 146 Å². The SMILES string of the molecule is c1ccc2c3c(sc2c#1)-c1ccc(N(c2ccccc2)c2ccc(-c4ccccc4)cc2)cc1C31c2ccccc2-c2ccc(N(c3ccccc3)c3ccc(-c4ccccc4)cc3)cc21. The van der Waals surface area contributed by atoms with E-state index in [0.717, 1.165) is 38.8 Å². The third-order valence-corrected chi connectivity index (χ3v) is 14.7. The molecule has 2 aliphatic carbocycles. The second kappa shape index (κ2) is 15.4. The number of hydrogen-bond donors (Lipinski definition) is 0. The van der Waals surface area contributed by atoms with E-state index in [1.165, 1.54) is 71.5 Å². The molecule has 2 aliphatic rings. The molecule has 1 spiro atoms. The zero-order chi connectivity index (χ0) is 43.6. The molecule has 1 heterocycles. The standard InChI is InChI=1S/C63H40N2S/c1-5-17-43(18-6-1)45-29-33-49(34-30-45)64(47-21-9-3-10-22-47)51-37-39-54-53-25-13-15-27-57(53)63(58(54)41-51)59-42-52(38-40-55(59)62-61(63)56-26-14-16-28-60(56)66-62)65(48-23-11-4-12-24-48)50-35-31-46(32-36-50)44-19-7-2-8-20-44/h1-15,17-27,29-42H. The molecule has 0 N–H and O–H groups in total. The predicted octanol–water partition coefficient (Wildman–Crippen LogP) is 17.1. The summed E-state index contributed by atoms with van der Waals surface area (Å²) in [7, 11) is 0. The molecule has 1 aromatic heterocycles. The molecule has 13 rings (SSSR count). The fourth-order valence-electron chi connectivity index (χ4n) is 10.7. The van der Waals surface area contributed by atoms with E-state index in [1.54, 1.807) is 0 Å². The van der Waals surface area contributed by atoms with E-state index in [9.17, 15) is 0 Å². The van der Waals surface area contributed by atoms with Gasteiger partial charge < -0.3 is 9.80 Å². The highest BCUT2D eigenvalue weighted by atomic mass is 32.1. The van der Waals surface area contributed by atoms with Gasteiger partial charge in [0.05, 0.1) is 10.1 Å². The van der Waals surface area contributed by atoms with E-state index in [0.29, 0.717) is 0 Å². The van der Waals surface area contributed by atoms with Gasteiger partial charge in [0.2, 0.25) is 0 Å². The summed E-state index contributed by atoms with van der Waals surface area (Å²) in [5.41, 5.74) is 19.8. The maximum atomic E-state index is 3.52. The molecule has 308 valence electrons. The summed E-state index contributed by atoms with van der Waals surface area (Å²) >= 11 is 1.84. The van der Waals surface area contributed by atoms with Crippen LogP contribution in [0.4, 0.5) is 34.1 Å². The lowest BCUT2D eigenvalue weighted by atomic mass is 9.70. The minimum absolute atomic E-state index is 0.616. The van der Waals surface area contributed by atoms with Gasteiger partial charge in [0.25, 0.3) is 0 Å². The third kappa shape index (κ3) is 5.90. The summed E-state index contributed by atoms with van der Waals surface area (Å²) in [6, 6.07) is 95.3. The maximum Gasteiger partial charge on any atom is 0.0854 e. The highest BCUT2D eigenvalue weighted by Crippen LogP contribution is 2.67. The quantitative estimate of drug-likeness (QED) is 0.150. The van der Waals surface area contributed by atoms with Gasteiger partial charge >= 0.3 is 0 Å². The van der Waals surface area contributed by atoms with Crippen LogP contribution in [0.25, 0.3) is 53.9 Å². The molecular weight excluding hydrogens is 817 g/mol. The molecule has 0 aliphatic heterocycles. The Balaban J connectivity index is 1.04. The van der Waals surface area contributed by atoms with E-state index in [-0.39, 0.29) is 0 Å². The van der Waals surface area contributed by atoms with Crippen LogP contribution in [-0.2, 0) is 5.41 Å². The van der Waals surface area contributed by atoms with Crippen LogP contribution in [0.2, 0.25) is 0 Å². The minimum Gasteiger partial charge on any atom is -0.310 e. The highest BCUT2D eigenvalue weighted by molar-refractivity contribution is 7.22. The van der Waals surface area contributed by atoms with Gasteiger partial charge in [-0.25, -0.2) is 0 Å². The van der Waals surface area contributed by atoms with Crippen molar-refractivity contribution in [2.45, 2.75) is 5.41 Å². The van der Waals surface area contributed by atoms with Gasteiger partial charge in [-0.1, -0.05) is 170 Å². The van der Waals surface area contributed by atoms with Gasteiger partial charge in [0.1, 0.15) is 0 Å². The lowest BCUT2D eigenvalue weighted by Gasteiger charge is -2.33. The Hall–Kier alpha value is -8.42. The van der Waals surface area contributed by atoms with Crippen molar-refractivity contribution < 1.29 is 0 Å². The molecule has 0 saturated carbocycles. The average Bonchev–Trinajstić information content (AvgIpc) is 4.01. The van der Waals surface area contributed by atoms with E-state index in [1.807, 2.05) is 17.4 Å². The largest absolute Gasteiger partial charge is 0.310 e. The first-order valence-corrected chi connectivity index (χ1v) is 23.3. The molecule has 0 amide bonds. The topological polar surface area (TPSA) is 6.48 Å². The molecule has 1 atom stereocenters. The first-order valence-electron chi connectivity index (χ1n) is 22.5. The minimum atomic E-state index is -0.616. The lowest BCUT2D eigenvalue weighted by molar-refractivity contribution is 0.802. The second-order valence-electron chi connectivity index (χ2n) is 17.1. The van der Waals surface area contributed by atoms with Crippen LogP contribution in [0, 0.1) is 12.1 Å². The van der Waals surface area contributed by atoms with Crippen molar-refractivity contribution in [1.29, 1.82) is 0 Å². The fraction of sp³-hybridized carbons (Fsp3) is 0.0159. The monoisotopic (exact) mass is 856 g/mol. The number of rotatable bonds is 8. The Morgan fingerprint density at radius 3 is 1.33 bits per heavy atom. The molecule has 0 fully saturated rings. The molecular formula is C63H40N2S. The molecule has 2 nitrogen and oxygen atoms in total. The highest BCUT2D eigenvalue weighted by Gasteiger charge is 2.54. The molecule has 0 radical (unpaired) electrons. The first-order chi connectivity index (χ1) is 32.7. The van der Waals surface area contributed by atoms with Crippen LogP contribution in [-0.4, -0.2) is 0 Å². The maximum absolute atomic E-state index is 3.52. The molecule has 3 heteroatoms. The van der Waals surface area contributed by atoms with Gasteiger partial charge in [-0.15, -0.1) is 11.3 Å². The second-order valence-corrected chi connectivity index (χ2v) is 18.1. The third-order valence-electron chi connectivity index (χ3n) is 13.5. The molecule has 66 heavy (non-hydrogen) atoms. The summed E-state index contributed by atoms with van der Waals surface area (Å²) < 4.78 is 1.13. The van der Waals surface area contributed by atoms with E-state index in [4.69, 9.17) is 0 Å². The molecule has 0 bridgehead atoms. The van der Waals surface area contributed by atoms with Crippen LogP contribution in [0.3, 0.4) is 0 Å². The van der Waals surface area contributed by atoms with Crippen LogP contribution in [0.5, 0.6) is 0 Å². The van der Waals surface area contributed by atoms with Gasteiger partial charge in [-0.3, -0.25) is 0 Å². The number of benzene rings is 9. The van der Waals surface area contributed by atoms with Crippen LogP contribution in [0.1, 0.15) is 22.3 Å². The number of hydrogen-bond acceptors (Lipinski definition) is 3. The Morgan fingerprint density at radius 2 is 0.773 bits per heavy atom. The fourth-order valence-corrected chi connectivity index (χ4v) is 11.9. The molecule has 0 saturated heterocycles. The number of anilines is 6. The van der Waals surface area contributed by atoms with Crippen molar-refractivity contribution >= 4 is 55.5 Å². The van der Waals surface area contributed by atoms with Gasteiger partial charge in [-0.2, -0.15) is 0 Å². The summed E-state index contributed by atoms with van der Waals surface area (Å²) in [4.78, 5) is 6.11. The zero-order valence-electron chi connectivity index (χ0n) is 35.9. The van der Waals surface area contributed by atoms with E-state index >= 15 is 0 Å². The Morgan fingerprint density at radius 1 is 0.348 bits per heavy atom. The number of fused-ring (bicyclic) bond motifs is 12. The van der Waals surface area contributed by atoms with Gasteiger partial charge in [0.15, 0.2) is 0 Å². The number of nitrogens with zero attached hydrogens (tertiary/aromatic N) is 2. The van der Waals surface area contributed by atoms with E-state index in [2.05, 4.69) is 259 Å². The Labute approximate surface area is 389 Å². The number of para-hydroxylation sites is 2. The molecule has 1 unspecified atom stereocenters. The van der Waals surface area contributed by atoms with Crippen molar-refractivity contribution in [2.75, 3.05) is 9.80 Å². The Kier molecular flexibility index (Phi) is 8.88.